The fourth-order valence-corrected chi connectivity index (χ4v) is 5.47. The monoisotopic (exact) mass is 410 g/mol. The molecule has 3 unspecified atom stereocenters. The summed E-state index contributed by atoms with van der Waals surface area (Å²) in [6.07, 6.45) is 4.66. The molecule has 9 heteroatoms. The van der Waals surface area contributed by atoms with Crippen molar-refractivity contribution in [2.24, 2.45) is 0 Å². The first-order chi connectivity index (χ1) is 14.5. The van der Waals surface area contributed by atoms with Crippen molar-refractivity contribution in [1.29, 1.82) is 0 Å². The zero-order valence-electron chi connectivity index (χ0n) is 16.4. The number of oxazole rings is 1. The molecular weight excluding hydrogens is 387 g/mol. The van der Waals surface area contributed by atoms with Gasteiger partial charge in [0, 0.05) is 36.4 Å². The van der Waals surface area contributed by atoms with Crippen molar-refractivity contribution in [2.75, 3.05) is 23.7 Å². The molecule has 3 atom stereocenters. The lowest BCUT2D eigenvalue weighted by molar-refractivity contribution is 0.460. The van der Waals surface area contributed by atoms with Gasteiger partial charge in [0.2, 0.25) is 0 Å². The molecule has 1 aromatic carbocycles. The highest BCUT2D eigenvalue weighted by Crippen LogP contribution is 2.38. The Morgan fingerprint density at radius 3 is 2.77 bits per heavy atom. The van der Waals surface area contributed by atoms with Crippen LogP contribution in [0, 0.1) is 5.82 Å². The van der Waals surface area contributed by atoms with E-state index in [1.165, 1.54) is 18.9 Å². The summed E-state index contributed by atoms with van der Waals surface area (Å²) in [7, 11) is 0. The van der Waals surface area contributed by atoms with Crippen molar-refractivity contribution >= 4 is 22.9 Å². The quantitative estimate of drug-likeness (QED) is 0.591. The number of nitrogens with two attached hydrogens (primary N) is 1. The molecule has 2 aliphatic heterocycles. The van der Waals surface area contributed by atoms with Crippen molar-refractivity contribution in [3.05, 3.63) is 45.3 Å². The second-order valence-corrected chi connectivity index (χ2v) is 8.67. The second kappa shape index (κ2) is 6.53. The van der Waals surface area contributed by atoms with Crippen LogP contribution in [0.5, 0.6) is 0 Å². The minimum atomic E-state index is -0.470. The third-order valence-corrected chi connectivity index (χ3v) is 6.79. The van der Waals surface area contributed by atoms with Gasteiger partial charge >= 0.3 is 5.69 Å². The van der Waals surface area contributed by atoms with E-state index in [0.717, 1.165) is 48.6 Å². The Hall–Kier alpha value is -2.94. The maximum atomic E-state index is 14.1. The first-order valence-electron chi connectivity index (χ1n) is 10.5. The first kappa shape index (κ1) is 17.9. The van der Waals surface area contributed by atoms with E-state index in [4.69, 9.17) is 10.2 Å². The number of hydrogen-bond donors (Lipinski definition) is 3. The third-order valence-electron chi connectivity index (χ3n) is 6.79. The molecule has 8 nitrogen and oxygen atoms in total. The van der Waals surface area contributed by atoms with E-state index in [1.807, 2.05) is 0 Å². The molecule has 0 radical (unpaired) electrons. The summed E-state index contributed by atoms with van der Waals surface area (Å²) < 4.78 is 19.4. The van der Waals surface area contributed by atoms with Gasteiger partial charge in [0.05, 0.1) is 0 Å². The normalized spacial score (nSPS) is 25.6. The minimum Gasteiger partial charge on any atom is -0.421 e. The highest BCUT2D eigenvalue weighted by Gasteiger charge is 2.35. The summed E-state index contributed by atoms with van der Waals surface area (Å²) in [5, 5.41) is 3.62. The highest BCUT2D eigenvalue weighted by molar-refractivity contribution is 5.79. The van der Waals surface area contributed by atoms with Crippen LogP contribution in [0.4, 0.5) is 16.2 Å². The van der Waals surface area contributed by atoms with Crippen LogP contribution >= 0.6 is 0 Å². The van der Waals surface area contributed by atoms with Crippen molar-refractivity contribution in [3.8, 4) is 0 Å². The zero-order chi connectivity index (χ0) is 20.4. The first-order valence-corrected chi connectivity index (χ1v) is 10.5. The molecule has 6 rings (SSSR count). The van der Waals surface area contributed by atoms with E-state index in [-0.39, 0.29) is 23.2 Å². The SMILES string of the molecule is Nc1nc2c(C3CCc4c(N5CC6CCC(C5)N6)nc(=O)[nH]c4C3)ccc(F)c2o1. The number of aromatic nitrogens is 3. The van der Waals surface area contributed by atoms with Crippen molar-refractivity contribution < 1.29 is 8.81 Å². The topological polar surface area (TPSA) is 113 Å². The largest absolute Gasteiger partial charge is 0.421 e. The summed E-state index contributed by atoms with van der Waals surface area (Å²) in [5.74, 6) is 0.457. The van der Waals surface area contributed by atoms with Gasteiger partial charge in [-0.15, -0.1) is 0 Å². The van der Waals surface area contributed by atoms with Crippen LogP contribution in [0.3, 0.4) is 0 Å². The smallest absolute Gasteiger partial charge is 0.347 e. The van der Waals surface area contributed by atoms with Crippen LogP contribution in [0.1, 0.15) is 42.0 Å². The van der Waals surface area contributed by atoms with Crippen molar-refractivity contribution in [2.45, 2.75) is 50.1 Å². The van der Waals surface area contributed by atoms with E-state index in [1.54, 1.807) is 6.07 Å². The molecule has 2 saturated heterocycles. The maximum Gasteiger partial charge on any atom is 0.347 e. The van der Waals surface area contributed by atoms with Gasteiger partial charge in [-0.3, -0.25) is 0 Å². The molecule has 4 N–H and O–H groups in total. The van der Waals surface area contributed by atoms with E-state index in [0.29, 0.717) is 24.0 Å². The number of nitrogens with zero attached hydrogens (tertiary/aromatic N) is 3. The van der Waals surface area contributed by atoms with E-state index < -0.39 is 5.82 Å². The molecule has 156 valence electrons. The average molecular weight is 410 g/mol. The summed E-state index contributed by atoms with van der Waals surface area (Å²) in [6, 6.07) is 4.06. The number of nitrogens with one attached hydrogen (secondary N) is 2. The number of benzene rings is 1. The number of piperazine rings is 1. The lowest BCUT2D eigenvalue weighted by Gasteiger charge is -2.36. The van der Waals surface area contributed by atoms with Gasteiger partial charge < -0.3 is 25.4 Å². The number of rotatable bonds is 2. The molecular formula is C21H23FN6O2. The van der Waals surface area contributed by atoms with E-state index in [9.17, 15) is 9.18 Å². The molecule has 3 aromatic rings. The molecule has 0 saturated carbocycles. The zero-order valence-corrected chi connectivity index (χ0v) is 16.4. The fourth-order valence-electron chi connectivity index (χ4n) is 5.47. The van der Waals surface area contributed by atoms with Crippen molar-refractivity contribution in [1.82, 2.24) is 20.3 Å². The van der Waals surface area contributed by atoms with Gasteiger partial charge in [-0.05, 0) is 49.7 Å². The Bertz CT molecular complexity index is 1190. The van der Waals surface area contributed by atoms with Crippen molar-refractivity contribution in [3.63, 3.8) is 0 Å². The molecule has 1 aliphatic carbocycles. The lowest BCUT2D eigenvalue weighted by atomic mass is 9.82. The molecule has 0 spiro atoms. The average Bonchev–Trinajstić information content (AvgIpc) is 3.29. The molecule has 0 amide bonds. The predicted octanol–water partition coefficient (Wildman–Crippen LogP) is 1.85. The van der Waals surface area contributed by atoms with E-state index >= 15 is 0 Å². The Morgan fingerprint density at radius 2 is 1.97 bits per heavy atom. The summed E-state index contributed by atoms with van der Waals surface area (Å²) in [6.45, 7) is 1.78. The number of H-pyrrole nitrogens is 1. The molecule has 2 fully saturated rings. The van der Waals surface area contributed by atoms with Crippen LogP contribution in [0.2, 0.25) is 0 Å². The Labute approximate surface area is 171 Å². The summed E-state index contributed by atoms with van der Waals surface area (Å²) in [4.78, 5) is 26.2. The van der Waals surface area contributed by atoms with Gasteiger partial charge in [-0.2, -0.15) is 9.97 Å². The third kappa shape index (κ3) is 2.79. The predicted molar refractivity (Wildman–Crippen MR) is 110 cm³/mol. The Kier molecular flexibility index (Phi) is 3.89. The summed E-state index contributed by atoms with van der Waals surface area (Å²) in [5.41, 5.74) is 8.87. The number of hydrogen-bond acceptors (Lipinski definition) is 7. The van der Waals surface area contributed by atoms with Crippen LogP contribution in [0.25, 0.3) is 11.1 Å². The maximum absolute atomic E-state index is 14.1. The van der Waals surface area contributed by atoms with Crippen LogP contribution < -0.4 is 21.6 Å². The van der Waals surface area contributed by atoms with Gasteiger partial charge in [-0.1, -0.05) is 6.07 Å². The van der Waals surface area contributed by atoms with Gasteiger partial charge in [0.1, 0.15) is 11.3 Å². The van der Waals surface area contributed by atoms with E-state index in [2.05, 4.69) is 25.2 Å². The standard InChI is InChI=1S/C21H23FN6O2/c22-15-6-5-13(17-18(15)30-20(23)26-17)10-1-4-14-16(7-10)25-21(29)27-19(14)28-8-11-2-3-12(9-28)24-11/h5-6,10-12,24H,1-4,7-9H2,(H2,23,26)(H,25,27,29). The van der Waals surface area contributed by atoms with Gasteiger partial charge in [-0.25, -0.2) is 9.18 Å². The van der Waals surface area contributed by atoms with Crippen LogP contribution in [-0.2, 0) is 12.8 Å². The Morgan fingerprint density at radius 1 is 1.17 bits per heavy atom. The number of anilines is 2. The van der Waals surface area contributed by atoms with Crippen LogP contribution in [-0.4, -0.2) is 40.1 Å². The molecule has 4 heterocycles. The number of aromatic amines is 1. The van der Waals surface area contributed by atoms with Gasteiger partial charge in [0.25, 0.3) is 6.01 Å². The number of nitrogen functional groups attached to an aromatic ring is 1. The minimum absolute atomic E-state index is 0.0409. The summed E-state index contributed by atoms with van der Waals surface area (Å²) >= 11 is 0. The molecule has 30 heavy (non-hydrogen) atoms. The number of halogens is 1. The molecule has 3 aliphatic rings. The van der Waals surface area contributed by atoms with Crippen LogP contribution in [0.15, 0.2) is 21.3 Å². The fraction of sp³-hybridized carbons (Fsp3) is 0.476. The van der Waals surface area contributed by atoms with Gasteiger partial charge in [0.15, 0.2) is 11.4 Å². The Balaban J connectivity index is 1.37. The number of fused-ring (bicyclic) bond motifs is 4. The second-order valence-electron chi connectivity index (χ2n) is 8.67. The lowest BCUT2D eigenvalue weighted by Crippen LogP contribution is -2.52. The highest BCUT2D eigenvalue weighted by atomic mass is 19.1. The molecule has 2 aromatic heterocycles. The molecule has 2 bridgehead atoms.